The van der Waals surface area contributed by atoms with Crippen LogP contribution in [0.5, 0.6) is 0 Å². The van der Waals surface area contributed by atoms with Crippen molar-refractivity contribution >= 4 is 23.2 Å². The van der Waals surface area contributed by atoms with Gasteiger partial charge in [0.2, 0.25) is 11.5 Å². The summed E-state index contributed by atoms with van der Waals surface area (Å²) in [5.41, 5.74) is 0.269. The molecule has 3 rings (SSSR count). The van der Waals surface area contributed by atoms with Crippen LogP contribution in [-0.2, 0) is 14.9 Å². The highest BCUT2D eigenvalue weighted by molar-refractivity contribution is 6.42. The summed E-state index contributed by atoms with van der Waals surface area (Å²) >= 11 is 12.1. The first-order chi connectivity index (χ1) is 11.7. The van der Waals surface area contributed by atoms with E-state index in [0.29, 0.717) is 29.4 Å². The number of benzene rings is 1. The summed E-state index contributed by atoms with van der Waals surface area (Å²) in [5, 5.41) is 43.2. The van der Waals surface area contributed by atoms with Crippen LogP contribution >= 0.6 is 23.2 Å². The maximum atomic E-state index is 10.4. The summed E-state index contributed by atoms with van der Waals surface area (Å²) in [5.74, 6) is -5.29. The van der Waals surface area contributed by atoms with E-state index in [1.807, 2.05) is 0 Å². The molecular weight excluding hydrogens is 373 g/mol. The molecule has 0 amide bonds. The molecule has 2 aliphatic rings. The Bertz CT molecular complexity index is 761. The molecule has 0 aromatic heterocycles. The van der Waals surface area contributed by atoms with Crippen LogP contribution < -0.4 is 5.32 Å². The molecule has 2 atom stereocenters. The molecule has 0 spiro atoms. The van der Waals surface area contributed by atoms with E-state index in [9.17, 15) is 20.4 Å². The first-order valence-corrected chi connectivity index (χ1v) is 8.21. The molecule has 1 fully saturated rings. The lowest BCUT2D eigenvalue weighted by Gasteiger charge is -2.48. The minimum atomic E-state index is -2.62. The lowest BCUT2D eigenvalue weighted by atomic mass is 9.71. The van der Waals surface area contributed by atoms with Gasteiger partial charge in [0.15, 0.2) is 5.76 Å². The zero-order valence-corrected chi connectivity index (χ0v) is 14.7. The van der Waals surface area contributed by atoms with Gasteiger partial charge < -0.3 is 35.2 Å². The molecule has 1 aromatic rings. The molecule has 136 valence electrons. The Hall–Kier alpha value is -1.64. The molecule has 1 saturated heterocycles. The van der Waals surface area contributed by atoms with Gasteiger partial charge >= 0.3 is 5.97 Å². The quantitative estimate of drug-likeness (QED) is 0.503. The molecule has 0 bridgehead atoms. The van der Waals surface area contributed by atoms with E-state index in [0.717, 1.165) is 5.56 Å². The Balaban J connectivity index is 1.89. The van der Waals surface area contributed by atoms with E-state index < -0.39 is 34.8 Å². The lowest BCUT2D eigenvalue weighted by Crippen LogP contribution is -2.64. The van der Waals surface area contributed by atoms with Gasteiger partial charge in [-0.1, -0.05) is 29.3 Å². The van der Waals surface area contributed by atoms with Gasteiger partial charge in [-0.25, -0.2) is 0 Å². The van der Waals surface area contributed by atoms with E-state index in [-0.39, 0.29) is 0 Å². The zero-order chi connectivity index (χ0) is 18.4. The number of halogens is 2. The summed E-state index contributed by atoms with van der Waals surface area (Å²) in [6.07, 6.45) is 0.0201. The SMILES string of the molecule is CC(OC1(O)OC=C(O)C(O)=C1O)C1(c2ccc(Cl)c(Cl)c2)CNC1. The Morgan fingerprint density at radius 2 is 1.88 bits per heavy atom. The molecule has 2 heterocycles. The minimum Gasteiger partial charge on any atom is -0.502 e. The summed E-state index contributed by atoms with van der Waals surface area (Å²) in [6, 6.07) is 5.19. The second kappa shape index (κ2) is 6.26. The largest absolute Gasteiger partial charge is 0.502 e. The second-order valence-corrected chi connectivity index (χ2v) is 6.86. The fourth-order valence-corrected chi connectivity index (χ4v) is 3.18. The average Bonchev–Trinajstić information content (AvgIpc) is 2.52. The number of nitrogens with one attached hydrogen (secondary N) is 1. The third-order valence-corrected chi connectivity index (χ3v) is 5.33. The van der Waals surface area contributed by atoms with E-state index in [2.05, 4.69) is 5.32 Å². The molecular formula is C16H17Cl2NO6. The van der Waals surface area contributed by atoms with E-state index in [1.54, 1.807) is 25.1 Å². The maximum Gasteiger partial charge on any atom is 0.391 e. The number of rotatable bonds is 4. The van der Waals surface area contributed by atoms with Crippen molar-refractivity contribution in [2.75, 3.05) is 13.1 Å². The van der Waals surface area contributed by atoms with Crippen molar-refractivity contribution in [3.8, 4) is 0 Å². The highest BCUT2D eigenvalue weighted by Crippen LogP contribution is 2.40. The van der Waals surface area contributed by atoms with Crippen molar-refractivity contribution in [3.63, 3.8) is 0 Å². The van der Waals surface area contributed by atoms with Gasteiger partial charge in [-0.2, -0.15) is 0 Å². The molecule has 0 saturated carbocycles. The standard InChI is InChI=1S/C16H17Cl2NO6/c1-8(25-16(23)14(22)13(21)12(20)5-24-16)15(6-19-7-15)9-2-3-10(17)11(18)4-9/h2-5,8,19-23H,6-7H2,1H3. The molecule has 25 heavy (non-hydrogen) atoms. The average molecular weight is 390 g/mol. The van der Waals surface area contributed by atoms with Crippen molar-refractivity contribution in [2.24, 2.45) is 0 Å². The monoisotopic (exact) mass is 389 g/mol. The Labute approximate surface area is 153 Å². The van der Waals surface area contributed by atoms with Crippen LogP contribution in [0.25, 0.3) is 0 Å². The van der Waals surface area contributed by atoms with Crippen molar-refractivity contribution in [1.29, 1.82) is 0 Å². The highest BCUT2D eigenvalue weighted by Gasteiger charge is 2.51. The van der Waals surface area contributed by atoms with Crippen molar-refractivity contribution in [3.05, 3.63) is 57.3 Å². The first-order valence-electron chi connectivity index (χ1n) is 7.46. The van der Waals surface area contributed by atoms with Crippen molar-refractivity contribution < 1.29 is 29.9 Å². The number of aliphatic hydroxyl groups excluding tert-OH is 3. The van der Waals surface area contributed by atoms with Crippen molar-refractivity contribution in [1.82, 2.24) is 5.32 Å². The number of hydrogen-bond acceptors (Lipinski definition) is 7. The number of ether oxygens (including phenoxy) is 2. The predicted molar refractivity (Wildman–Crippen MR) is 90.6 cm³/mol. The summed E-state index contributed by atoms with van der Waals surface area (Å²) in [7, 11) is 0. The molecule has 9 heteroatoms. The normalized spacial score (nSPS) is 26.5. The van der Waals surface area contributed by atoms with Crippen LogP contribution in [0.4, 0.5) is 0 Å². The van der Waals surface area contributed by atoms with Crippen LogP contribution in [0.1, 0.15) is 12.5 Å². The van der Waals surface area contributed by atoms with Crippen LogP contribution in [0.2, 0.25) is 10.0 Å². The fraction of sp³-hybridized carbons (Fsp3) is 0.375. The van der Waals surface area contributed by atoms with Gasteiger partial charge in [-0.15, -0.1) is 0 Å². The van der Waals surface area contributed by atoms with E-state index >= 15 is 0 Å². The first kappa shape index (κ1) is 18.2. The topological polar surface area (TPSA) is 111 Å². The minimum absolute atomic E-state index is 0.388. The second-order valence-electron chi connectivity index (χ2n) is 6.05. The van der Waals surface area contributed by atoms with E-state index in [4.69, 9.17) is 32.7 Å². The molecule has 2 aliphatic heterocycles. The van der Waals surface area contributed by atoms with Crippen LogP contribution in [-0.4, -0.2) is 45.6 Å². The third kappa shape index (κ3) is 2.92. The van der Waals surface area contributed by atoms with Crippen molar-refractivity contribution in [2.45, 2.75) is 24.4 Å². The van der Waals surface area contributed by atoms with E-state index in [1.165, 1.54) is 0 Å². The van der Waals surface area contributed by atoms with Gasteiger partial charge in [-0.3, -0.25) is 0 Å². The molecule has 5 N–H and O–H groups in total. The van der Waals surface area contributed by atoms with Gasteiger partial charge in [0, 0.05) is 18.5 Å². The lowest BCUT2D eigenvalue weighted by molar-refractivity contribution is -0.354. The van der Waals surface area contributed by atoms with Crippen LogP contribution in [0.3, 0.4) is 0 Å². The summed E-state index contributed by atoms with van der Waals surface area (Å²) in [4.78, 5) is 0. The van der Waals surface area contributed by atoms with Gasteiger partial charge in [0.05, 0.1) is 16.1 Å². The molecule has 0 radical (unpaired) electrons. The Kier molecular flexibility index (Phi) is 4.55. The number of hydrogen-bond donors (Lipinski definition) is 5. The molecule has 0 aliphatic carbocycles. The number of aliphatic hydroxyl groups is 4. The maximum absolute atomic E-state index is 10.4. The van der Waals surface area contributed by atoms with Gasteiger partial charge in [-0.05, 0) is 24.6 Å². The zero-order valence-electron chi connectivity index (χ0n) is 13.2. The smallest absolute Gasteiger partial charge is 0.391 e. The highest BCUT2D eigenvalue weighted by atomic mass is 35.5. The van der Waals surface area contributed by atoms with Crippen LogP contribution in [0, 0.1) is 0 Å². The molecule has 2 unspecified atom stereocenters. The fourth-order valence-electron chi connectivity index (χ4n) is 2.88. The Morgan fingerprint density at radius 1 is 1.20 bits per heavy atom. The summed E-state index contributed by atoms with van der Waals surface area (Å²) < 4.78 is 10.4. The van der Waals surface area contributed by atoms with Gasteiger partial charge in [0.1, 0.15) is 6.26 Å². The van der Waals surface area contributed by atoms with Gasteiger partial charge in [0.25, 0.3) is 0 Å². The molecule has 7 nitrogen and oxygen atoms in total. The predicted octanol–water partition coefficient (Wildman–Crippen LogP) is 2.64. The summed E-state index contributed by atoms with van der Waals surface area (Å²) in [6.45, 7) is 2.74. The Morgan fingerprint density at radius 3 is 2.44 bits per heavy atom. The third-order valence-electron chi connectivity index (χ3n) is 4.59. The van der Waals surface area contributed by atoms with Crippen LogP contribution in [0.15, 0.2) is 41.7 Å². The molecule has 1 aromatic carbocycles.